The Morgan fingerprint density at radius 2 is 1.48 bits per heavy atom. The lowest BCUT2D eigenvalue weighted by molar-refractivity contribution is -0.0747. The minimum Gasteiger partial charge on any atom is -0.477 e. The van der Waals surface area contributed by atoms with Gasteiger partial charge >= 0.3 is 0 Å². The van der Waals surface area contributed by atoms with Gasteiger partial charge in [0.25, 0.3) is 0 Å². The van der Waals surface area contributed by atoms with Gasteiger partial charge in [-0.2, -0.15) is 0 Å². The summed E-state index contributed by atoms with van der Waals surface area (Å²) in [6.07, 6.45) is -0.223. The van der Waals surface area contributed by atoms with E-state index >= 15 is 0 Å². The summed E-state index contributed by atoms with van der Waals surface area (Å²) < 4.78 is 26.0. The van der Waals surface area contributed by atoms with E-state index in [1.54, 1.807) is 12.1 Å². The highest BCUT2D eigenvalue weighted by Crippen LogP contribution is 2.60. The fourth-order valence-electron chi connectivity index (χ4n) is 3.60. The van der Waals surface area contributed by atoms with Gasteiger partial charge in [0.05, 0.1) is 0 Å². The molecule has 2 unspecified atom stereocenters. The first-order valence-corrected chi connectivity index (χ1v) is 7.59. The molecule has 1 aliphatic heterocycles. The van der Waals surface area contributed by atoms with Gasteiger partial charge in [0.1, 0.15) is 5.82 Å². The zero-order valence-electron chi connectivity index (χ0n) is 12.2. The Bertz CT molecular complexity index is 904. The zero-order valence-corrected chi connectivity index (χ0v) is 12.2. The number of ether oxygens (including phenoxy) is 2. The van der Waals surface area contributed by atoms with Crippen LogP contribution in [0, 0.1) is 5.82 Å². The van der Waals surface area contributed by atoms with Crippen molar-refractivity contribution >= 4 is 0 Å². The average Bonchev–Trinajstić information content (AvgIpc) is 2.60. The monoisotopic (exact) mass is 304 g/mol. The van der Waals surface area contributed by atoms with Gasteiger partial charge in [0, 0.05) is 16.7 Å². The predicted octanol–water partition coefficient (Wildman–Crippen LogP) is 4.60. The van der Waals surface area contributed by atoms with Crippen LogP contribution in [0.2, 0.25) is 0 Å². The van der Waals surface area contributed by atoms with Gasteiger partial charge in [-0.05, 0) is 24.3 Å². The van der Waals surface area contributed by atoms with Crippen LogP contribution in [0.25, 0.3) is 0 Å². The molecule has 0 aromatic heterocycles. The molecule has 2 aliphatic rings. The van der Waals surface area contributed by atoms with Crippen LogP contribution in [0.1, 0.15) is 22.8 Å². The van der Waals surface area contributed by atoms with Crippen LogP contribution >= 0.6 is 0 Å². The molecule has 0 amide bonds. The molecule has 5 rings (SSSR count). The highest BCUT2D eigenvalue weighted by molar-refractivity contribution is 5.58. The molecule has 3 aromatic rings. The minimum atomic E-state index is -0.710. The Hall–Kier alpha value is -2.81. The number of benzene rings is 3. The van der Waals surface area contributed by atoms with Crippen molar-refractivity contribution in [3.63, 3.8) is 0 Å². The Kier molecular flexibility index (Phi) is 2.41. The van der Waals surface area contributed by atoms with Crippen molar-refractivity contribution in [2.75, 3.05) is 0 Å². The van der Waals surface area contributed by atoms with E-state index in [1.165, 1.54) is 12.1 Å². The summed E-state index contributed by atoms with van der Waals surface area (Å²) in [7, 11) is 0. The van der Waals surface area contributed by atoms with Gasteiger partial charge in [-0.15, -0.1) is 0 Å². The largest absolute Gasteiger partial charge is 0.477 e. The van der Waals surface area contributed by atoms with Crippen LogP contribution in [0.4, 0.5) is 4.39 Å². The highest BCUT2D eigenvalue weighted by atomic mass is 19.1. The molecule has 2 nitrogen and oxygen atoms in total. The summed E-state index contributed by atoms with van der Waals surface area (Å²) >= 11 is 0. The van der Waals surface area contributed by atoms with Crippen LogP contribution in [-0.4, -0.2) is 0 Å². The molecule has 2 atom stereocenters. The molecule has 1 heterocycles. The molecule has 0 N–H and O–H groups in total. The Labute approximate surface area is 133 Å². The minimum absolute atomic E-state index is 0.223. The van der Waals surface area contributed by atoms with Gasteiger partial charge in [0.15, 0.2) is 17.6 Å². The summed E-state index contributed by atoms with van der Waals surface area (Å²) in [4.78, 5) is 0. The molecule has 0 spiro atoms. The van der Waals surface area contributed by atoms with E-state index in [0.717, 1.165) is 22.4 Å². The lowest BCUT2D eigenvalue weighted by Crippen LogP contribution is -2.53. The molecule has 0 saturated heterocycles. The zero-order chi connectivity index (χ0) is 15.4. The SMILES string of the molecule is Fc1ccc(C23Oc4ccccc4OC2c2ccccc23)cc1. The maximum atomic E-state index is 13.4. The third-order valence-electron chi connectivity index (χ3n) is 4.65. The second kappa shape index (κ2) is 4.35. The molecular formula is C20H13FO2. The smallest absolute Gasteiger partial charge is 0.200 e. The lowest BCUT2D eigenvalue weighted by atomic mass is 9.66. The number of halogens is 1. The summed E-state index contributed by atoms with van der Waals surface area (Å²) in [5.41, 5.74) is 2.38. The van der Waals surface area contributed by atoms with E-state index < -0.39 is 5.60 Å². The maximum Gasteiger partial charge on any atom is 0.200 e. The van der Waals surface area contributed by atoms with Crippen LogP contribution < -0.4 is 9.47 Å². The van der Waals surface area contributed by atoms with Crippen LogP contribution in [-0.2, 0) is 5.60 Å². The van der Waals surface area contributed by atoms with Gasteiger partial charge in [0.2, 0.25) is 5.60 Å². The fourth-order valence-corrected chi connectivity index (χ4v) is 3.60. The molecule has 1 aliphatic carbocycles. The second-order valence-electron chi connectivity index (χ2n) is 5.88. The molecule has 0 radical (unpaired) electrons. The Balaban J connectivity index is 1.74. The van der Waals surface area contributed by atoms with E-state index in [1.807, 2.05) is 42.5 Å². The fraction of sp³-hybridized carbons (Fsp3) is 0.100. The molecule has 3 heteroatoms. The molecule has 23 heavy (non-hydrogen) atoms. The highest BCUT2D eigenvalue weighted by Gasteiger charge is 2.59. The van der Waals surface area contributed by atoms with E-state index in [9.17, 15) is 4.39 Å². The quantitative estimate of drug-likeness (QED) is 0.654. The van der Waals surface area contributed by atoms with Crippen LogP contribution in [0.3, 0.4) is 0 Å². The van der Waals surface area contributed by atoms with Gasteiger partial charge in [-0.3, -0.25) is 0 Å². The molecule has 3 aromatic carbocycles. The number of para-hydroxylation sites is 2. The number of rotatable bonds is 1. The maximum absolute atomic E-state index is 13.4. The van der Waals surface area contributed by atoms with Crippen molar-refractivity contribution in [3.8, 4) is 11.5 Å². The third kappa shape index (κ3) is 1.57. The van der Waals surface area contributed by atoms with Crippen molar-refractivity contribution in [1.29, 1.82) is 0 Å². The topological polar surface area (TPSA) is 18.5 Å². The number of fused-ring (bicyclic) bond motifs is 5. The van der Waals surface area contributed by atoms with Gasteiger partial charge < -0.3 is 9.47 Å². The average molecular weight is 304 g/mol. The first-order valence-electron chi connectivity index (χ1n) is 7.59. The standard InChI is InChI=1S/C20H13FO2/c21-14-11-9-13(10-12-14)20-16-6-2-1-5-15(16)19(20)22-17-7-3-4-8-18(17)23-20/h1-12,19H. The van der Waals surface area contributed by atoms with E-state index in [0.29, 0.717) is 5.75 Å². The predicted molar refractivity (Wildman–Crippen MR) is 84.1 cm³/mol. The molecule has 112 valence electrons. The van der Waals surface area contributed by atoms with Crippen molar-refractivity contribution < 1.29 is 13.9 Å². The first kappa shape index (κ1) is 12.7. The Morgan fingerprint density at radius 1 is 0.783 bits per heavy atom. The van der Waals surface area contributed by atoms with Crippen molar-refractivity contribution in [2.45, 2.75) is 11.7 Å². The van der Waals surface area contributed by atoms with E-state index in [4.69, 9.17) is 9.47 Å². The summed E-state index contributed by atoms with van der Waals surface area (Å²) in [5.74, 6) is 1.19. The Morgan fingerprint density at radius 3 is 2.30 bits per heavy atom. The first-order chi connectivity index (χ1) is 11.3. The molecule has 0 saturated carbocycles. The molecule has 0 fully saturated rings. The lowest BCUT2D eigenvalue weighted by Gasteiger charge is -2.52. The van der Waals surface area contributed by atoms with Crippen molar-refractivity contribution in [3.05, 3.63) is 95.3 Å². The van der Waals surface area contributed by atoms with E-state index in [2.05, 4.69) is 6.07 Å². The van der Waals surface area contributed by atoms with Gasteiger partial charge in [-0.25, -0.2) is 4.39 Å². The molecule has 0 bridgehead atoms. The van der Waals surface area contributed by atoms with Crippen molar-refractivity contribution in [1.82, 2.24) is 0 Å². The summed E-state index contributed by atoms with van der Waals surface area (Å²) in [6, 6.07) is 22.2. The van der Waals surface area contributed by atoms with E-state index in [-0.39, 0.29) is 11.9 Å². The summed E-state index contributed by atoms with van der Waals surface area (Å²) in [6.45, 7) is 0. The normalized spacial score (nSPS) is 23.4. The number of hydrogen-bond acceptors (Lipinski definition) is 2. The summed E-state index contributed by atoms with van der Waals surface area (Å²) in [5, 5.41) is 0. The van der Waals surface area contributed by atoms with Crippen molar-refractivity contribution in [2.24, 2.45) is 0 Å². The molecular weight excluding hydrogens is 291 g/mol. The third-order valence-corrected chi connectivity index (χ3v) is 4.65. The number of hydrogen-bond donors (Lipinski definition) is 0. The second-order valence-corrected chi connectivity index (χ2v) is 5.88. The van der Waals surface area contributed by atoms with Crippen LogP contribution in [0.15, 0.2) is 72.8 Å². The van der Waals surface area contributed by atoms with Gasteiger partial charge in [-0.1, -0.05) is 48.5 Å². The van der Waals surface area contributed by atoms with Crippen LogP contribution in [0.5, 0.6) is 11.5 Å².